The molecular weight excluding hydrogens is 126 g/mol. The smallest absolute Gasteiger partial charge is 0.137 e. The van der Waals surface area contributed by atoms with E-state index in [9.17, 15) is 4.79 Å². The molecule has 0 aromatic heterocycles. The van der Waals surface area contributed by atoms with Gasteiger partial charge in [-0.25, -0.2) is 0 Å². The van der Waals surface area contributed by atoms with Gasteiger partial charge in [-0.1, -0.05) is 6.42 Å². The molecule has 1 heterocycles. The van der Waals surface area contributed by atoms with Crippen LogP contribution in [0, 0.1) is 11.8 Å². The summed E-state index contributed by atoms with van der Waals surface area (Å²) in [5.41, 5.74) is 0. The van der Waals surface area contributed by atoms with Crippen LogP contribution in [-0.2, 0) is 4.79 Å². The van der Waals surface area contributed by atoms with Crippen LogP contribution in [0.2, 0.25) is 0 Å². The minimum Gasteiger partial charge on any atom is -0.307 e. The molecule has 1 N–H and O–H groups in total. The van der Waals surface area contributed by atoms with Crippen LogP contribution in [0.5, 0.6) is 0 Å². The first-order chi connectivity index (χ1) is 4.92. The lowest BCUT2D eigenvalue weighted by atomic mass is 9.95. The summed E-state index contributed by atoms with van der Waals surface area (Å²) in [6, 6.07) is 0.187. The lowest BCUT2D eigenvalue weighted by Gasteiger charge is -2.09. The average molecular weight is 139 g/mol. The van der Waals surface area contributed by atoms with Crippen molar-refractivity contribution in [1.29, 1.82) is 0 Å². The molecule has 2 fully saturated rings. The van der Waals surface area contributed by atoms with Gasteiger partial charge >= 0.3 is 0 Å². The number of nitrogens with one attached hydrogen (secondary N) is 1. The van der Waals surface area contributed by atoms with Crippen molar-refractivity contribution in [1.82, 2.24) is 5.32 Å². The largest absolute Gasteiger partial charge is 0.307 e. The summed E-state index contributed by atoms with van der Waals surface area (Å²) in [6.45, 7) is 1.08. The van der Waals surface area contributed by atoms with E-state index in [1.54, 1.807) is 0 Å². The SMILES string of the molecule is O=C[C@H]1NCC2CCCC21. The molecule has 2 heteroatoms. The van der Waals surface area contributed by atoms with Gasteiger partial charge in [-0.05, 0) is 31.2 Å². The van der Waals surface area contributed by atoms with Crippen molar-refractivity contribution >= 4 is 6.29 Å². The topological polar surface area (TPSA) is 29.1 Å². The second kappa shape index (κ2) is 2.35. The van der Waals surface area contributed by atoms with Gasteiger partial charge in [-0.2, -0.15) is 0 Å². The number of hydrogen-bond acceptors (Lipinski definition) is 2. The third-order valence-electron chi connectivity index (χ3n) is 2.94. The lowest BCUT2D eigenvalue weighted by molar-refractivity contribution is -0.110. The van der Waals surface area contributed by atoms with Crippen LogP contribution < -0.4 is 5.32 Å². The van der Waals surface area contributed by atoms with Crippen molar-refractivity contribution in [3.63, 3.8) is 0 Å². The Morgan fingerprint density at radius 3 is 3.10 bits per heavy atom. The van der Waals surface area contributed by atoms with Gasteiger partial charge in [0, 0.05) is 0 Å². The predicted octanol–water partition coefficient (Wildman–Crippen LogP) is 0.573. The summed E-state index contributed by atoms with van der Waals surface area (Å²) in [5.74, 6) is 1.49. The zero-order valence-corrected chi connectivity index (χ0v) is 6.05. The van der Waals surface area contributed by atoms with Gasteiger partial charge in [0.1, 0.15) is 6.29 Å². The van der Waals surface area contributed by atoms with Crippen molar-refractivity contribution in [2.45, 2.75) is 25.3 Å². The molecule has 56 valence electrons. The summed E-state index contributed by atoms with van der Waals surface area (Å²) in [7, 11) is 0. The monoisotopic (exact) mass is 139 g/mol. The molecule has 10 heavy (non-hydrogen) atoms. The highest BCUT2D eigenvalue weighted by Gasteiger charge is 2.38. The van der Waals surface area contributed by atoms with Gasteiger partial charge in [0.05, 0.1) is 6.04 Å². The molecule has 2 unspecified atom stereocenters. The second-order valence-corrected chi connectivity index (χ2v) is 3.42. The highest BCUT2D eigenvalue weighted by atomic mass is 16.1. The highest BCUT2D eigenvalue weighted by Crippen LogP contribution is 2.36. The third-order valence-corrected chi connectivity index (χ3v) is 2.94. The molecule has 2 aliphatic rings. The average Bonchev–Trinajstić information content (AvgIpc) is 2.44. The number of aldehydes is 1. The van der Waals surface area contributed by atoms with E-state index in [-0.39, 0.29) is 6.04 Å². The molecule has 1 saturated carbocycles. The van der Waals surface area contributed by atoms with Crippen LogP contribution in [-0.4, -0.2) is 18.9 Å². The maximum Gasteiger partial charge on any atom is 0.137 e. The van der Waals surface area contributed by atoms with E-state index in [0.717, 1.165) is 18.7 Å². The van der Waals surface area contributed by atoms with Crippen molar-refractivity contribution < 1.29 is 4.79 Å². The Hall–Kier alpha value is -0.370. The minimum absolute atomic E-state index is 0.187. The van der Waals surface area contributed by atoms with E-state index >= 15 is 0 Å². The van der Waals surface area contributed by atoms with Crippen LogP contribution in [0.4, 0.5) is 0 Å². The van der Waals surface area contributed by atoms with Crippen LogP contribution in [0.3, 0.4) is 0 Å². The van der Waals surface area contributed by atoms with E-state index in [4.69, 9.17) is 0 Å². The number of rotatable bonds is 1. The molecule has 0 spiro atoms. The zero-order valence-electron chi connectivity index (χ0n) is 6.05. The van der Waals surface area contributed by atoms with Gasteiger partial charge in [0.2, 0.25) is 0 Å². The summed E-state index contributed by atoms with van der Waals surface area (Å²) in [4.78, 5) is 10.5. The fraction of sp³-hybridized carbons (Fsp3) is 0.875. The van der Waals surface area contributed by atoms with Crippen molar-refractivity contribution in [2.75, 3.05) is 6.54 Å². The van der Waals surface area contributed by atoms with E-state index in [0.29, 0.717) is 5.92 Å². The molecule has 0 amide bonds. The summed E-state index contributed by atoms with van der Waals surface area (Å²) < 4.78 is 0. The first-order valence-electron chi connectivity index (χ1n) is 4.10. The van der Waals surface area contributed by atoms with Crippen LogP contribution in [0.1, 0.15) is 19.3 Å². The van der Waals surface area contributed by atoms with Crippen molar-refractivity contribution in [2.24, 2.45) is 11.8 Å². The third kappa shape index (κ3) is 0.788. The first-order valence-corrected chi connectivity index (χ1v) is 4.10. The molecule has 2 rings (SSSR count). The Balaban J connectivity index is 2.07. The maximum absolute atomic E-state index is 10.5. The Kier molecular flexibility index (Phi) is 1.49. The maximum atomic E-state index is 10.5. The zero-order chi connectivity index (χ0) is 6.97. The molecule has 0 radical (unpaired) electrons. The standard InChI is InChI=1S/C8H13NO/c10-5-8-7-3-1-2-6(7)4-9-8/h5-9H,1-4H2/t6?,7?,8-/m1/s1. The molecule has 1 aliphatic carbocycles. The van der Waals surface area contributed by atoms with Crippen molar-refractivity contribution in [3.8, 4) is 0 Å². The molecule has 2 nitrogen and oxygen atoms in total. The summed E-state index contributed by atoms with van der Waals surface area (Å²) in [5, 5.41) is 3.24. The van der Waals surface area contributed by atoms with Gasteiger partial charge < -0.3 is 10.1 Å². The Labute approximate surface area is 61.0 Å². The summed E-state index contributed by atoms with van der Waals surface area (Å²) in [6.07, 6.45) is 5.01. The molecule has 0 bridgehead atoms. The Morgan fingerprint density at radius 2 is 2.30 bits per heavy atom. The minimum atomic E-state index is 0.187. The quantitative estimate of drug-likeness (QED) is 0.538. The Bertz CT molecular complexity index is 146. The predicted molar refractivity (Wildman–Crippen MR) is 38.7 cm³/mol. The first kappa shape index (κ1) is 6.35. The van der Waals surface area contributed by atoms with E-state index in [2.05, 4.69) is 5.32 Å². The van der Waals surface area contributed by atoms with Gasteiger partial charge in [-0.3, -0.25) is 0 Å². The van der Waals surface area contributed by atoms with Crippen molar-refractivity contribution in [3.05, 3.63) is 0 Å². The molecule has 3 atom stereocenters. The molecule has 0 aromatic rings. The Morgan fingerprint density at radius 1 is 1.40 bits per heavy atom. The van der Waals surface area contributed by atoms with Crippen LogP contribution >= 0.6 is 0 Å². The number of carbonyl (C=O) groups excluding carboxylic acids is 1. The lowest BCUT2D eigenvalue weighted by Crippen LogP contribution is -2.27. The fourth-order valence-corrected chi connectivity index (χ4v) is 2.38. The van der Waals surface area contributed by atoms with Crippen LogP contribution in [0.15, 0.2) is 0 Å². The molecule has 1 aliphatic heterocycles. The second-order valence-electron chi connectivity index (χ2n) is 3.42. The van der Waals surface area contributed by atoms with E-state index < -0.39 is 0 Å². The van der Waals surface area contributed by atoms with E-state index in [1.165, 1.54) is 19.3 Å². The number of carbonyl (C=O) groups is 1. The highest BCUT2D eigenvalue weighted by molar-refractivity contribution is 5.59. The van der Waals surface area contributed by atoms with Gasteiger partial charge in [0.25, 0.3) is 0 Å². The van der Waals surface area contributed by atoms with E-state index in [1.807, 2.05) is 0 Å². The number of fused-ring (bicyclic) bond motifs is 1. The summed E-state index contributed by atoms with van der Waals surface area (Å²) >= 11 is 0. The normalized spacial score (nSPS) is 45.4. The number of hydrogen-bond donors (Lipinski definition) is 1. The van der Waals surface area contributed by atoms with Gasteiger partial charge in [-0.15, -0.1) is 0 Å². The molecule has 1 saturated heterocycles. The van der Waals surface area contributed by atoms with Gasteiger partial charge in [0.15, 0.2) is 0 Å². The molecular formula is C8H13NO. The van der Waals surface area contributed by atoms with Crippen LogP contribution in [0.25, 0.3) is 0 Å². The molecule has 0 aromatic carbocycles. The fourth-order valence-electron chi connectivity index (χ4n) is 2.38.